The fourth-order valence-corrected chi connectivity index (χ4v) is 5.50. The Balaban J connectivity index is 1.45. The molecular weight excluding hydrogens is 394 g/mol. The van der Waals surface area contributed by atoms with Crippen LogP contribution in [0.25, 0.3) is 16.9 Å². The highest BCUT2D eigenvalue weighted by Crippen LogP contribution is 2.49. The Labute approximate surface area is 182 Å². The van der Waals surface area contributed by atoms with Crippen molar-refractivity contribution in [3.8, 4) is 16.9 Å². The second-order valence-electron chi connectivity index (χ2n) is 8.78. The second-order valence-corrected chi connectivity index (χ2v) is 9.22. The second kappa shape index (κ2) is 7.92. The first-order valence-corrected chi connectivity index (χ1v) is 11.2. The predicted molar refractivity (Wildman–Crippen MR) is 120 cm³/mol. The van der Waals surface area contributed by atoms with Crippen LogP contribution in [0.5, 0.6) is 0 Å². The molecule has 0 aliphatic heterocycles. The van der Waals surface area contributed by atoms with Gasteiger partial charge in [0.25, 0.3) is 5.91 Å². The fraction of sp³-hybridized carbons (Fsp3) is 0.360. The van der Waals surface area contributed by atoms with Crippen molar-refractivity contribution in [2.75, 3.05) is 0 Å². The summed E-state index contributed by atoms with van der Waals surface area (Å²) in [6.45, 7) is 2.16. The van der Waals surface area contributed by atoms with Crippen molar-refractivity contribution in [3.63, 3.8) is 0 Å². The van der Waals surface area contributed by atoms with Crippen LogP contribution in [0.3, 0.4) is 0 Å². The molecule has 5 heteroatoms. The van der Waals surface area contributed by atoms with E-state index >= 15 is 0 Å². The standard InChI is InChI=1S/C25H26ClN3O/c1-16(22-14-17-7-8-19(22)13-17)27-25(30)23-15-29(21-5-3-2-4-6-21)28-24(23)18-9-11-20(26)12-10-18/h2-6,9-12,15-17,19,22H,7-8,13-14H2,1H3,(H,27,30)/t16-,17+,19+,22-/m1/s1. The molecule has 1 heterocycles. The molecule has 2 aromatic carbocycles. The molecule has 2 fully saturated rings. The first kappa shape index (κ1) is 19.4. The Kier molecular flexibility index (Phi) is 5.11. The Morgan fingerprint density at radius 1 is 1.10 bits per heavy atom. The maximum atomic E-state index is 13.3. The van der Waals surface area contributed by atoms with Gasteiger partial charge in [0.1, 0.15) is 5.69 Å². The van der Waals surface area contributed by atoms with Crippen LogP contribution < -0.4 is 5.32 Å². The van der Waals surface area contributed by atoms with Crippen LogP contribution >= 0.6 is 11.6 Å². The Morgan fingerprint density at radius 3 is 2.53 bits per heavy atom. The molecular formula is C25H26ClN3O. The van der Waals surface area contributed by atoms with E-state index in [-0.39, 0.29) is 11.9 Å². The number of benzene rings is 2. The lowest BCUT2D eigenvalue weighted by Crippen LogP contribution is -2.40. The molecule has 3 aromatic rings. The van der Waals surface area contributed by atoms with Gasteiger partial charge in [-0.3, -0.25) is 4.79 Å². The van der Waals surface area contributed by atoms with Gasteiger partial charge in [-0.15, -0.1) is 0 Å². The van der Waals surface area contributed by atoms with E-state index in [2.05, 4.69) is 12.2 Å². The lowest BCUT2D eigenvalue weighted by atomic mass is 9.84. The van der Waals surface area contributed by atoms with Gasteiger partial charge in [-0.05, 0) is 68.2 Å². The predicted octanol–water partition coefficient (Wildman–Crippen LogP) is 5.75. The van der Waals surface area contributed by atoms with Gasteiger partial charge < -0.3 is 5.32 Å². The van der Waals surface area contributed by atoms with E-state index in [0.29, 0.717) is 22.2 Å². The SMILES string of the molecule is C[C@@H](NC(=O)c1cn(-c2ccccc2)nc1-c1ccc(Cl)cc1)[C@H]1C[C@H]2CC[C@H]1C2. The highest BCUT2D eigenvalue weighted by molar-refractivity contribution is 6.30. The number of carbonyl (C=O) groups excluding carboxylic acids is 1. The average Bonchev–Trinajstić information content (AvgIpc) is 3.50. The molecule has 30 heavy (non-hydrogen) atoms. The molecule has 2 aliphatic rings. The number of nitrogens with one attached hydrogen (secondary N) is 1. The summed E-state index contributed by atoms with van der Waals surface area (Å²) in [6, 6.07) is 17.5. The molecule has 0 spiro atoms. The molecule has 4 nitrogen and oxygen atoms in total. The van der Waals surface area contributed by atoms with Gasteiger partial charge >= 0.3 is 0 Å². The number of amides is 1. The highest BCUT2D eigenvalue weighted by atomic mass is 35.5. The van der Waals surface area contributed by atoms with Crippen molar-refractivity contribution in [2.24, 2.45) is 17.8 Å². The number of carbonyl (C=O) groups is 1. The third-order valence-electron chi connectivity index (χ3n) is 6.89. The quantitative estimate of drug-likeness (QED) is 0.572. The smallest absolute Gasteiger partial charge is 0.255 e. The molecule has 2 bridgehead atoms. The Bertz CT molecular complexity index is 1040. The minimum absolute atomic E-state index is 0.0580. The zero-order valence-electron chi connectivity index (χ0n) is 17.1. The molecule has 1 N–H and O–H groups in total. The summed E-state index contributed by atoms with van der Waals surface area (Å²) >= 11 is 6.07. The van der Waals surface area contributed by atoms with E-state index in [9.17, 15) is 4.79 Å². The molecule has 2 aliphatic carbocycles. The van der Waals surface area contributed by atoms with Gasteiger partial charge in [0, 0.05) is 22.8 Å². The lowest BCUT2D eigenvalue weighted by molar-refractivity contribution is 0.0916. The molecule has 0 unspecified atom stereocenters. The van der Waals surface area contributed by atoms with E-state index in [4.69, 9.17) is 16.7 Å². The van der Waals surface area contributed by atoms with Gasteiger partial charge in [0.15, 0.2) is 0 Å². The summed E-state index contributed by atoms with van der Waals surface area (Å²) < 4.78 is 1.78. The van der Waals surface area contributed by atoms with Gasteiger partial charge in [-0.25, -0.2) is 4.68 Å². The van der Waals surface area contributed by atoms with Crippen LogP contribution in [0, 0.1) is 17.8 Å². The number of fused-ring (bicyclic) bond motifs is 2. The number of aromatic nitrogens is 2. The van der Waals surface area contributed by atoms with Gasteiger partial charge in [-0.1, -0.05) is 48.4 Å². The van der Waals surface area contributed by atoms with Crippen molar-refractivity contribution in [1.29, 1.82) is 0 Å². The third kappa shape index (κ3) is 3.65. The normalized spacial score (nSPS) is 23.5. The van der Waals surface area contributed by atoms with Gasteiger partial charge in [0.2, 0.25) is 0 Å². The number of hydrogen-bond donors (Lipinski definition) is 1. The number of hydrogen-bond acceptors (Lipinski definition) is 2. The number of rotatable bonds is 5. The molecule has 2 saturated carbocycles. The first-order chi connectivity index (χ1) is 14.6. The lowest BCUT2D eigenvalue weighted by Gasteiger charge is -2.28. The maximum absolute atomic E-state index is 13.3. The van der Waals surface area contributed by atoms with Crippen molar-refractivity contribution in [1.82, 2.24) is 15.1 Å². The molecule has 0 radical (unpaired) electrons. The molecule has 154 valence electrons. The topological polar surface area (TPSA) is 46.9 Å². The number of nitrogens with zero attached hydrogens (tertiary/aromatic N) is 2. The molecule has 0 saturated heterocycles. The Morgan fingerprint density at radius 2 is 1.87 bits per heavy atom. The average molecular weight is 420 g/mol. The number of para-hydroxylation sites is 1. The maximum Gasteiger partial charge on any atom is 0.255 e. The van der Waals surface area contributed by atoms with Gasteiger partial charge in [0.05, 0.1) is 11.3 Å². The minimum atomic E-state index is -0.0580. The summed E-state index contributed by atoms with van der Waals surface area (Å²) in [5.41, 5.74) is 3.07. The highest BCUT2D eigenvalue weighted by Gasteiger charge is 2.42. The summed E-state index contributed by atoms with van der Waals surface area (Å²) in [6.07, 6.45) is 7.11. The first-order valence-electron chi connectivity index (χ1n) is 10.8. The molecule has 5 rings (SSSR count). The summed E-state index contributed by atoms with van der Waals surface area (Å²) in [7, 11) is 0. The monoisotopic (exact) mass is 419 g/mol. The summed E-state index contributed by atoms with van der Waals surface area (Å²) in [4.78, 5) is 13.3. The summed E-state index contributed by atoms with van der Waals surface area (Å²) in [5.74, 6) is 2.17. The minimum Gasteiger partial charge on any atom is -0.349 e. The zero-order valence-corrected chi connectivity index (χ0v) is 17.8. The van der Waals surface area contributed by atoms with Crippen LogP contribution in [0.4, 0.5) is 0 Å². The van der Waals surface area contributed by atoms with Crippen molar-refractivity contribution in [3.05, 3.63) is 71.4 Å². The van der Waals surface area contributed by atoms with E-state index < -0.39 is 0 Å². The van der Waals surface area contributed by atoms with E-state index in [0.717, 1.165) is 23.1 Å². The Hall–Kier alpha value is -2.59. The third-order valence-corrected chi connectivity index (χ3v) is 7.14. The zero-order chi connectivity index (χ0) is 20.7. The van der Waals surface area contributed by atoms with E-state index in [1.165, 1.54) is 25.7 Å². The van der Waals surface area contributed by atoms with Crippen LogP contribution in [0.15, 0.2) is 60.8 Å². The van der Waals surface area contributed by atoms with E-state index in [1.54, 1.807) is 4.68 Å². The van der Waals surface area contributed by atoms with Crippen LogP contribution in [0.1, 0.15) is 43.0 Å². The van der Waals surface area contributed by atoms with E-state index in [1.807, 2.05) is 60.8 Å². The van der Waals surface area contributed by atoms with Crippen LogP contribution in [-0.4, -0.2) is 21.7 Å². The molecule has 1 aromatic heterocycles. The molecule has 1 amide bonds. The van der Waals surface area contributed by atoms with Crippen molar-refractivity contribution >= 4 is 17.5 Å². The number of halogens is 1. The molecule has 4 atom stereocenters. The van der Waals surface area contributed by atoms with Gasteiger partial charge in [-0.2, -0.15) is 5.10 Å². The van der Waals surface area contributed by atoms with Crippen LogP contribution in [0.2, 0.25) is 5.02 Å². The van der Waals surface area contributed by atoms with Crippen molar-refractivity contribution < 1.29 is 4.79 Å². The largest absolute Gasteiger partial charge is 0.349 e. The van der Waals surface area contributed by atoms with Crippen molar-refractivity contribution in [2.45, 2.75) is 38.6 Å². The van der Waals surface area contributed by atoms with Crippen LogP contribution in [-0.2, 0) is 0 Å². The fourth-order valence-electron chi connectivity index (χ4n) is 5.37. The summed E-state index contributed by atoms with van der Waals surface area (Å²) in [5, 5.41) is 8.71.